The Morgan fingerprint density at radius 2 is 2.06 bits per heavy atom. The number of aryl methyl sites for hydroxylation is 1. The molecule has 1 unspecified atom stereocenters. The summed E-state index contributed by atoms with van der Waals surface area (Å²) in [5.74, 6) is -0.0560. The molecule has 1 aromatic carbocycles. The summed E-state index contributed by atoms with van der Waals surface area (Å²) in [7, 11) is 0. The lowest BCUT2D eigenvalue weighted by Crippen LogP contribution is -2.50. The van der Waals surface area contributed by atoms with Gasteiger partial charge in [-0.25, -0.2) is 0 Å². The van der Waals surface area contributed by atoms with Crippen molar-refractivity contribution in [2.75, 3.05) is 6.54 Å². The summed E-state index contributed by atoms with van der Waals surface area (Å²) in [6.07, 6.45) is 3.89. The van der Waals surface area contributed by atoms with Crippen LogP contribution in [0.4, 0.5) is 0 Å². The second-order valence-corrected chi connectivity index (χ2v) is 5.45. The third-order valence-electron chi connectivity index (χ3n) is 3.71. The summed E-state index contributed by atoms with van der Waals surface area (Å²) < 4.78 is 0. The quantitative estimate of drug-likeness (QED) is 0.778. The van der Waals surface area contributed by atoms with Crippen LogP contribution in [0.3, 0.4) is 0 Å². The fraction of sp³-hybridized carbons (Fsp3) is 0.533. The van der Waals surface area contributed by atoms with Gasteiger partial charge in [0.15, 0.2) is 0 Å². The van der Waals surface area contributed by atoms with E-state index in [1.165, 1.54) is 18.4 Å². The zero-order valence-electron chi connectivity index (χ0n) is 10.9. The summed E-state index contributed by atoms with van der Waals surface area (Å²) >= 11 is 0. The first-order chi connectivity index (χ1) is 8.60. The van der Waals surface area contributed by atoms with Crippen molar-refractivity contribution in [1.82, 2.24) is 5.32 Å². The van der Waals surface area contributed by atoms with Gasteiger partial charge in [0.2, 0.25) is 0 Å². The predicted octanol–water partition coefficient (Wildman–Crippen LogP) is 2.46. The second-order valence-electron chi connectivity index (χ2n) is 5.45. The highest BCUT2D eigenvalue weighted by molar-refractivity contribution is 5.78. The number of rotatable bonds is 7. The second kappa shape index (κ2) is 5.53. The van der Waals surface area contributed by atoms with E-state index in [9.17, 15) is 9.90 Å². The molecule has 1 aliphatic rings. The maximum Gasteiger partial charge on any atom is 0.323 e. The van der Waals surface area contributed by atoms with Gasteiger partial charge >= 0.3 is 5.97 Å². The van der Waals surface area contributed by atoms with E-state index in [0.29, 0.717) is 12.3 Å². The van der Waals surface area contributed by atoms with Gasteiger partial charge in [-0.3, -0.25) is 4.79 Å². The summed E-state index contributed by atoms with van der Waals surface area (Å²) in [6, 6.07) is 10.0. The third kappa shape index (κ3) is 3.57. The highest BCUT2D eigenvalue weighted by Crippen LogP contribution is 2.28. The molecule has 3 heteroatoms. The van der Waals surface area contributed by atoms with Crippen molar-refractivity contribution in [1.29, 1.82) is 0 Å². The van der Waals surface area contributed by atoms with E-state index in [1.54, 1.807) is 6.92 Å². The molecule has 3 nitrogen and oxygen atoms in total. The van der Waals surface area contributed by atoms with Gasteiger partial charge in [0.05, 0.1) is 0 Å². The van der Waals surface area contributed by atoms with Crippen LogP contribution in [0, 0.1) is 5.92 Å². The molecule has 1 fully saturated rings. The number of nitrogens with one attached hydrogen (secondary N) is 1. The molecule has 1 saturated carbocycles. The third-order valence-corrected chi connectivity index (χ3v) is 3.71. The van der Waals surface area contributed by atoms with E-state index in [1.807, 2.05) is 30.3 Å². The molecule has 98 valence electrons. The number of carbonyl (C=O) groups is 1. The highest BCUT2D eigenvalue weighted by atomic mass is 16.4. The van der Waals surface area contributed by atoms with E-state index in [4.69, 9.17) is 0 Å². The first-order valence-corrected chi connectivity index (χ1v) is 6.62. The Balaban J connectivity index is 1.90. The first kappa shape index (κ1) is 13.1. The normalized spacial score (nSPS) is 18.3. The molecule has 0 amide bonds. The Labute approximate surface area is 108 Å². The van der Waals surface area contributed by atoms with E-state index in [2.05, 4.69) is 5.32 Å². The Morgan fingerprint density at radius 3 is 2.61 bits per heavy atom. The molecule has 0 saturated heterocycles. The zero-order chi connectivity index (χ0) is 13.0. The smallest absolute Gasteiger partial charge is 0.323 e. The molecule has 0 spiro atoms. The van der Waals surface area contributed by atoms with Crippen LogP contribution in [0.25, 0.3) is 0 Å². The monoisotopic (exact) mass is 247 g/mol. The number of benzene rings is 1. The minimum Gasteiger partial charge on any atom is -0.480 e. The van der Waals surface area contributed by atoms with E-state index in [-0.39, 0.29) is 0 Å². The van der Waals surface area contributed by atoms with Gasteiger partial charge in [-0.1, -0.05) is 30.3 Å². The van der Waals surface area contributed by atoms with Crippen LogP contribution in [0.5, 0.6) is 0 Å². The molecule has 1 atom stereocenters. The van der Waals surface area contributed by atoms with Gasteiger partial charge in [0, 0.05) is 0 Å². The largest absolute Gasteiger partial charge is 0.480 e. The minimum atomic E-state index is -0.807. The van der Waals surface area contributed by atoms with Crippen molar-refractivity contribution in [2.45, 2.75) is 38.1 Å². The van der Waals surface area contributed by atoms with Crippen LogP contribution >= 0.6 is 0 Å². The maximum atomic E-state index is 11.4. The van der Waals surface area contributed by atoms with Crippen molar-refractivity contribution in [2.24, 2.45) is 5.92 Å². The lowest BCUT2D eigenvalue weighted by Gasteiger charge is -2.26. The molecule has 2 N–H and O–H groups in total. The summed E-state index contributed by atoms with van der Waals surface area (Å²) in [5.41, 5.74) is 0.386. The fourth-order valence-corrected chi connectivity index (χ4v) is 2.00. The first-order valence-electron chi connectivity index (χ1n) is 6.62. The van der Waals surface area contributed by atoms with Crippen LogP contribution in [0.15, 0.2) is 30.3 Å². The van der Waals surface area contributed by atoms with Crippen molar-refractivity contribution in [3.63, 3.8) is 0 Å². The number of hydrogen-bond donors (Lipinski definition) is 2. The zero-order valence-corrected chi connectivity index (χ0v) is 10.9. The number of aliphatic carboxylic acids is 1. The summed E-state index contributed by atoms with van der Waals surface area (Å²) in [5, 5.41) is 12.6. The fourth-order valence-electron chi connectivity index (χ4n) is 2.00. The highest BCUT2D eigenvalue weighted by Gasteiger charge is 2.34. The van der Waals surface area contributed by atoms with E-state index < -0.39 is 11.5 Å². The van der Waals surface area contributed by atoms with Gasteiger partial charge in [0.25, 0.3) is 0 Å². The molecule has 2 rings (SSSR count). The molecule has 0 aliphatic heterocycles. The molecule has 0 bridgehead atoms. The number of hydrogen-bond acceptors (Lipinski definition) is 2. The molecular weight excluding hydrogens is 226 g/mol. The predicted molar refractivity (Wildman–Crippen MR) is 71.5 cm³/mol. The maximum absolute atomic E-state index is 11.4. The van der Waals surface area contributed by atoms with Gasteiger partial charge in [-0.2, -0.15) is 0 Å². The van der Waals surface area contributed by atoms with Crippen LogP contribution in [0.2, 0.25) is 0 Å². The lowest BCUT2D eigenvalue weighted by molar-refractivity contribution is -0.144. The van der Waals surface area contributed by atoms with Gasteiger partial charge in [-0.05, 0) is 50.6 Å². The Hall–Kier alpha value is -1.35. The Bertz CT molecular complexity index is 400. The van der Waals surface area contributed by atoms with Gasteiger partial charge in [-0.15, -0.1) is 0 Å². The molecular formula is C15H21NO2. The van der Waals surface area contributed by atoms with E-state index in [0.717, 1.165) is 13.0 Å². The Morgan fingerprint density at radius 1 is 1.39 bits per heavy atom. The molecule has 0 heterocycles. The van der Waals surface area contributed by atoms with Crippen LogP contribution in [-0.4, -0.2) is 23.2 Å². The number of carboxylic acids is 1. The Kier molecular flexibility index (Phi) is 4.02. The topological polar surface area (TPSA) is 49.3 Å². The summed E-state index contributed by atoms with van der Waals surface area (Å²) in [6.45, 7) is 2.62. The van der Waals surface area contributed by atoms with Crippen molar-refractivity contribution in [3.05, 3.63) is 35.9 Å². The number of carboxylic acid groups (broad SMARTS) is 1. The average Bonchev–Trinajstić information content (AvgIpc) is 3.19. The summed E-state index contributed by atoms with van der Waals surface area (Å²) in [4.78, 5) is 11.4. The molecule has 0 aromatic heterocycles. The van der Waals surface area contributed by atoms with Crippen molar-refractivity contribution in [3.8, 4) is 0 Å². The lowest BCUT2D eigenvalue weighted by atomic mass is 9.93. The van der Waals surface area contributed by atoms with Gasteiger partial charge < -0.3 is 10.4 Å². The average molecular weight is 247 g/mol. The molecule has 1 aromatic rings. The van der Waals surface area contributed by atoms with E-state index >= 15 is 0 Å². The van der Waals surface area contributed by atoms with Crippen LogP contribution < -0.4 is 5.32 Å². The minimum absolute atomic E-state index is 0.624. The van der Waals surface area contributed by atoms with Gasteiger partial charge in [0.1, 0.15) is 5.54 Å². The molecule has 18 heavy (non-hydrogen) atoms. The SMILES string of the molecule is CC(CCc1ccccc1)(NCC1CC1)C(=O)O. The molecule has 0 radical (unpaired) electrons. The van der Waals surface area contributed by atoms with Crippen molar-refractivity contribution < 1.29 is 9.90 Å². The standard InChI is InChI=1S/C15H21NO2/c1-15(14(17)18,16-11-13-7-8-13)10-9-12-5-3-2-4-6-12/h2-6,13,16H,7-11H2,1H3,(H,17,18). The van der Waals surface area contributed by atoms with Crippen LogP contribution in [-0.2, 0) is 11.2 Å². The van der Waals surface area contributed by atoms with Crippen molar-refractivity contribution >= 4 is 5.97 Å². The van der Waals surface area contributed by atoms with Crippen LogP contribution in [0.1, 0.15) is 31.7 Å². The molecule has 1 aliphatic carbocycles.